The summed E-state index contributed by atoms with van der Waals surface area (Å²) in [5, 5.41) is 10.0. The first kappa shape index (κ1) is 15.0. The minimum atomic E-state index is 0.313. The zero-order valence-electron chi connectivity index (χ0n) is 11.6. The molecule has 1 unspecified atom stereocenters. The Morgan fingerprint density at radius 2 is 2.20 bits per heavy atom. The Morgan fingerprint density at radius 1 is 1.35 bits per heavy atom. The van der Waals surface area contributed by atoms with Crippen LogP contribution in [0.1, 0.15) is 31.2 Å². The maximum absolute atomic E-state index is 6.11. The SMILES string of the molecule is CCCNc1ncc(Cl)c(NCC(C)c2nccs2)n1. The monoisotopic (exact) mass is 311 g/mol. The fourth-order valence-electron chi connectivity index (χ4n) is 1.63. The molecule has 0 amide bonds. The third kappa shape index (κ3) is 4.05. The lowest BCUT2D eigenvalue weighted by Gasteiger charge is -2.12. The number of nitrogens with one attached hydrogen (secondary N) is 2. The second-order valence-corrected chi connectivity index (χ2v) is 5.80. The molecule has 2 N–H and O–H groups in total. The number of thiazole rings is 1. The van der Waals surface area contributed by atoms with E-state index in [0.717, 1.165) is 24.5 Å². The number of aromatic nitrogens is 3. The van der Waals surface area contributed by atoms with E-state index < -0.39 is 0 Å². The van der Waals surface area contributed by atoms with Gasteiger partial charge in [-0.3, -0.25) is 0 Å². The van der Waals surface area contributed by atoms with E-state index in [-0.39, 0.29) is 0 Å². The summed E-state index contributed by atoms with van der Waals surface area (Å²) in [6.07, 6.45) is 4.46. The highest BCUT2D eigenvalue weighted by atomic mass is 35.5. The average Bonchev–Trinajstić information content (AvgIpc) is 2.99. The first-order valence-electron chi connectivity index (χ1n) is 6.60. The Bertz CT molecular complexity index is 532. The fraction of sp³-hybridized carbons (Fsp3) is 0.462. The summed E-state index contributed by atoms with van der Waals surface area (Å²) in [6.45, 7) is 5.79. The summed E-state index contributed by atoms with van der Waals surface area (Å²) in [6, 6.07) is 0. The van der Waals surface area contributed by atoms with Gasteiger partial charge in [-0.25, -0.2) is 9.97 Å². The molecule has 108 valence electrons. The molecule has 0 aliphatic carbocycles. The quantitative estimate of drug-likeness (QED) is 0.817. The van der Waals surface area contributed by atoms with E-state index in [9.17, 15) is 0 Å². The van der Waals surface area contributed by atoms with Gasteiger partial charge < -0.3 is 10.6 Å². The van der Waals surface area contributed by atoms with Crippen LogP contribution in [0.25, 0.3) is 0 Å². The highest BCUT2D eigenvalue weighted by molar-refractivity contribution is 7.09. The van der Waals surface area contributed by atoms with Crippen LogP contribution < -0.4 is 10.6 Å². The molecule has 0 saturated heterocycles. The predicted molar refractivity (Wildman–Crippen MR) is 84.8 cm³/mol. The van der Waals surface area contributed by atoms with Crippen molar-refractivity contribution < 1.29 is 0 Å². The van der Waals surface area contributed by atoms with E-state index >= 15 is 0 Å². The molecule has 2 aromatic rings. The van der Waals surface area contributed by atoms with Crippen molar-refractivity contribution >= 4 is 34.7 Å². The van der Waals surface area contributed by atoms with Gasteiger partial charge in [-0.05, 0) is 6.42 Å². The van der Waals surface area contributed by atoms with Gasteiger partial charge >= 0.3 is 0 Å². The van der Waals surface area contributed by atoms with Crippen molar-refractivity contribution in [1.29, 1.82) is 0 Å². The molecule has 5 nitrogen and oxygen atoms in total. The Hall–Kier alpha value is -1.40. The maximum atomic E-state index is 6.11. The van der Waals surface area contributed by atoms with E-state index in [4.69, 9.17) is 11.6 Å². The Labute approximate surface area is 127 Å². The second kappa shape index (κ2) is 7.40. The zero-order valence-corrected chi connectivity index (χ0v) is 13.1. The van der Waals surface area contributed by atoms with E-state index in [2.05, 4.69) is 39.4 Å². The third-order valence-corrected chi connectivity index (χ3v) is 4.01. The van der Waals surface area contributed by atoms with Gasteiger partial charge in [-0.1, -0.05) is 25.4 Å². The van der Waals surface area contributed by atoms with Crippen molar-refractivity contribution in [2.75, 3.05) is 23.7 Å². The summed E-state index contributed by atoms with van der Waals surface area (Å²) < 4.78 is 0. The van der Waals surface area contributed by atoms with Gasteiger partial charge in [0.15, 0.2) is 5.82 Å². The van der Waals surface area contributed by atoms with Gasteiger partial charge in [-0.15, -0.1) is 11.3 Å². The molecule has 2 rings (SSSR count). The van der Waals surface area contributed by atoms with Crippen molar-refractivity contribution in [2.24, 2.45) is 0 Å². The van der Waals surface area contributed by atoms with Gasteiger partial charge in [-0.2, -0.15) is 4.98 Å². The van der Waals surface area contributed by atoms with E-state index in [1.807, 2.05) is 11.6 Å². The van der Waals surface area contributed by atoms with E-state index in [1.165, 1.54) is 0 Å². The standard InChI is InChI=1S/C13H18ClN5S/c1-3-4-16-13-18-8-10(14)11(19-13)17-7-9(2)12-15-5-6-20-12/h5-6,8-9H,3-4,7H2,1-2H3,(H2,16,17,18,19). The van der Waals surface area contributed by atoms with Crippen LogP contribution in [0, 0.1) is 0 Å². The van der Waals surface area contributed by atoms with E-state index in [1.54, 1.807) is 17.5 Å². The molecular weight excluding hydrogens is 294 g/mol. The predicted octanol–water partition coefficient (Wildman–Crippen LogP) is 3.62. The second-order valence-electron chi connectivity index (χ2n) is 4.47. The Balaban J connectivity index is 1.97. The zero-order chi connectivity index (χ0) is 14.4. The van der Waals surface area contributed by atoms with Crippen LogP contribution in [0.5, 0.6) is 0 Å². The van der Waals surface area contributed by atoms with Crippen LogP contribution in [-0.2, 0) is 0 Å². The van der Waals surface area contributed by atoms with Crippen molar-refractivity contribution in [2.45, 2.75) is 26.2 Å². The summed E-state index contributed by atoms with van der Waals surface area (Å²) in [7, 11) is 0. The molecule has 0 aromatic carbocycles. The topological polar surface area (TPSA) is 62.7 Å². The van der Waals surface area contributed by atoms with Gasteiger partial charge in [0.05, 0.1) is 11.2 Å². The number of nitrogens with zero attached hydrogens (tertiary/aromatic N) is 3. The van der Waals surface area contributed by atoms with Gasteiger partial charge in [0.1, 0.15) is 5.02 Å². The highest BCUT2D eigenvalue weighted by Crippen LogP contribution is 2.22. The van der Waals surface area contributed by atoms with Crippen LogP contribution in [-0.4, -0.2) is 28.0 Å². The number of hydrogen-bond donors (Lipinski definition) is 2. The number of anilines is 2. The molecule has 2 heterocycles. The van der Waals surface area contributed by atoms with Crippen molar-refractivity contribution in [3.05, 3.63) is 27.8 Å². The maximum Gasteiger partial charge on any atom is 0.224 e. The van der Waals surface area contributed by atoms with Crippen molar-refractivity contribution in [3.63, 3.8) is 0 Å². The fourth-order valence-corrected chi connectivity index (χ4v) is 2.48. The normalized spacial score (nSPS) is 12.2. The molecule has 7 heteroatoms. The lowest BCUT2D eigenvalue weighted by molar-refractivity contribution is 0.791. The van der Waals surface area contributed by atoms with Gasteiger partial charge in [0, 0.05) is 30.6 Å². The molecular formula is C13H18ClN5S. The number of halogens is 1. The molecule has 0 aliphatic rings. The van der Waals surface area contributed by atoms with Crippen LogP contribution in [0.4, 0.5) is 11.8 Å². The molecule has 1 atom stereocenters. The van der Waals surface area contributed by atoms with Crippen LogP contribution in [0.15, 0.2) is 17.8 Å². The van der Waals surface area contributed by atoms with Crippen molar-refractivity contribution in [1.82, 2.24) is 15.0 Å². The summed E-state index contributed by atoms with van der Waals surface area (Å²) in [5.41, 5.74) is 0. The minimum absolute atomic E-state index is 0.313. The molecule has 0 aliphatic heterocycles. The smallest absolute Gasteiger partial charge is 0.224 e. The molecule has 2 aromatic heterocycles. The van der Waals surface area contributed by atoms with Crippen molar-refractivity contribution in [3.8, 4) is 0 Å². The summed E-state index contributed by atoms with van der Waals surface area (Å²) >= 11 is 7.77. The first-order chi connectivity index (χ1) is 9.70. The molecule has 0 spiro atoms. The van der Waals surface area contributed by atoms with Gasteiger partial charge in [0.2, 0.25) is 5.95 Å². The number of hydrogen-bond acceptors (Lipinski definition) is 6. The third-order valence-electron chi connectivity index (χ3n) is 2.73. The van der Waals surface area contributed by atoms with Crippen LogP contribution >= 0.6 is 22.9 Å². The Morgan fingerprint density at radius 3 is 2.90 bits per heavy atom. The van der Waals surface area contributed by atoms with Gasteiger partial charge in [0.25, 0.3) is 0 Å². The summed E-state index contributed by atoms with van der Waals surface area (Å²) in [4.78, 5) is 12.8. The lowest BCUT2D eigenvalue weighted by atomic mass is 10.2. The number of rotatable bonds is 7. The molecule has 0 fully saturated rings. The molecule has 0 radical (unpaired) electrons. The highest BCUT2D eigenvalue weighted by Gasteiger charge is 2.10. The molecule has 20 heavy (non-hydrogen) atoms. The molecule has 0 bridgehead atoms. The summed E-state index contributed by atoms with van der Waals surface area (Å²) in [5.74, 6) is 1.57. The van der Waals surface area contributed by atoms with Crippen LogP contribution in [0.2, 0.25) is 5.02 Å². The lowest BCUT2D eigenvalue weighted by Crippen LogP contribution is -2.12. The Kier molecular flexibility index (Phi) is 5.55. The largest absolute Gasteiger partial charge is 0.368 e. The minimum Gasteiger partial charge on any atom is -0.368 e. The van der Waals surface area contributed by atoms with E-state index in [0.29, 0.717) is 22.7 Å². The molecule has 0 saturated carbocycles. The first-order valence-corrected chi connectivity index (χ1v) is 7.86. The average molecular weight is 312 g/mol. The van der Waals surface area contributed by atoms with Crippen LogP contribution in [0.3, 0.4) is 0 Å².